The van der Waals surface area contributed by atoms with E-state index < -0.39 is 6.04 Å². The number of aromatic nitrogens is 2. The highest BCUT2D eigenvalue weighted by atomic mass is 16.2. The van der Waals surface area contributed by atoms with Crippen molar-refractivity contribution in [2.24, 2.45) is 0 Å². The minimum atomic E-state index is -0.476. The van der Waals surface area contributed by atoms with Crippen LogP contribution in [0.4, 0.5) is 5.82 Å². The summed E-state index contributed by atoms with van der Waals surface area (Å²) >= 11 is 0. The van der Waals surface area contributed by atoms with Gasteiger partial charge in [0.15, 0.2) is 0 Å². The van der Waals surface area contributed by atoms with Gasteiger partial charge in [0.2, 0.25) is 11.8 Å². The molecule has 2 rings (SSSR count). The Morgan fingerprint density at radius 2 is 2.08 bits per heavy atom. The molecule has 1 atom stereocenters. The number of aryl methyl sites for hydroxylation is 2. The van der Waals surface area contributed by atoms with Crippen LogP contribution in [0.1, 0.15) is 45.7 Å². The van der Waals surface area contributed by atoms with Crippen molar-refractivity contribution in [1.29, 1.82) is 0 Å². The Morgan fingerprint density at radius 1 is 1.36 bits per heavy atom. The van der Waals surface area contributed by atoms with Crippen molar-refractivity contribution in [3.05, 3.63) is 11.8 Å². The van der Waals surface area contributed by atoms with Crippen molar-refractivity contribution in [1.82, 2.24) is 20.0 Å². The highest BCUT2D eigenvalue weighted by Crippen LogP contribution is 2.25. The molecule has 0 fully saturated rings. The number of hydrogen-bond acceptors (Lipinski definition) is 4. The minimum Gasteiger partial charge on any atom is -0.354 e. The van der Waals surface area contributed by atoms with Crippen LogP contribution in [-0.2, 0) is 16.1 Å². The van der Waals surface area contributed by atoms with Crippen molar-refractivity contribution in [2.75, 3.05) is 31.1 Å². The van der Waals surface area contributed by atoms with Gasteiger partial charge in [0.1, 0.15) is 11.9 Å². The molecule has 1 aromatic heterocycles. The summed E-state index contributed by atoms with van der Waals surface area (Å²) in [5, 5.41) is 7.41. The first-order valence-corrected chi connectivity index (χ1v) is 9.38. The van der Waals surface area contributed by atoms with Crippen molar-refractivity contribution in [3.8, 4) is 0 Å². The van der Waals surface area contributed by atoms with Gasteiger partial charge in [0.05, 0.1) is 12.2 Å². The van der Waals surface area contributed by atoms with E-state index in [-0.39, 0.29) is 11.8 Å². The van der Waals surface area contributed by atoms with Crippen molar-refractivity contribution >= 4 is 17.6 Å². The molecule has 1 aromatic rings. The third-order valence-corrected chi connectivity index (χ3v) is 4.78. The normalized spacial score (nSPS) is 15.4. The molecule has 0 aromatic carbocycles. The fourth-order valence-electron chi connectivity index (χ4n) is 3.33. The zero-order chi connectivity index (χ0) is 18.4. The predicted molar refractivity (Wildman–Crippen MR) is 98.6 cm³/mol. The second-order valence-corrected chi connectivity index (χ2v) is 6.48. The smallest absolute Gasteiger partial charge is 0.243 e. The Kier molecular flexibility index (Phi) is 6.99. The Bertz CT molecular complexity index is 594. The van der Waals surface area contributed by atoms with Gasteiger partial charge in [-0.1, -0.05) is 20.8 Å². The summed E-state index contributed by atoms with van der Waals surface area (Å²) in [6.07, 6.45) is 1.88. The van der Waals surface area contributed by atoms with Crippen LogP contribution in [0.2, 0.25) is 0 Å². The molecule has 2 amide bonds. The topological polar surface area (TPSA) is 70.5 Å². The van der Waals surface area contributed by atoms with Gasteiger partial charge in [0, 0.05) is 19.0 Å². The summed E-state index contributed by atoms with van der Waals surface area (Å²) in [6.45, 7) is 12.4. The molecule has 1 aliphatic heterocycles. The van der Waals surface area contributed by atoms with Crippen LogP contribution in [0, 0.1) is 6.92 Å². The fraction of sp³-hybridized carbons (Fsp3) is 0.722. The SMILES string of the molecule is CCC(C(=O)NCCCN(CC)CC)N1C(=O)CCn2nc(C)cc21. The van der Waals surface area contributed by atoms with Gasteiger partial charge in [-0.15, -0.1) is 0 Å². The number of nitrogens with zero attached hydrogens (tertiary/aromatic N) is 4. The van der Waals surface area contributed by atoms with Gasteiger partial charge in [-0.25, -0.2) is 4.68 Å². The summed E-state index contributed by atoms with van der Waals surface area (Å²) in [7, 11) is 0. The number of rotatable bonds is 9. The maximum atomic E-state index is 12.7. The third kappa shape index (κ3) is 4.60. The van der Waals surface area contributed by atoms with Gasteiger partial charge in [-0.05, 0) is 39.4 Å². The molecule has 7 nitrogen and oxygen atoms in total. The molecule has 25 heavy (non-hydrogen) atoms. The zero-order valence-corrected chi connectivity index (χ0v) is 15.9. The molecule has 1 unspecified atom stereocenters. The summed E-state index contributed by atoms with van der Waals surface area (Å²) in [6, 6.07) is 1.41. The molecule has 0 bridgehead atoms. The molecule has 0 spiro atoms. The molecule has 0 radical (unpaired) electrons. The van der Waals surface area contributed by atoms with E-state index in [4.69, 9.17) is 0 Å². The van der Waals surface area contributed by atoms with Gasteiger partial charge in [-0.2, -0.15) is 5.10 Å². The van der Waals surface area contributed by atoms with Crippen LogP contribution < -0.4 is 10.2 Å². The highest BCUT2D eigenvalue weighted by Gasteiger charge is 2.34. The van der Waals surface area contributed by atoms with Crippen LogP contribution in [-0.4, -0.2) is 58.7 Å². The number of carbonyl (C=O) groups excluding carboxylic acids is 2. The highest BCUT2D eigenvalue weighted by molar-refractivity contribution is 6.00. The molecular weight excluding hydrogens is 318 g/mol. The fourth-order valence-corrected chi connectivity index (χ4v) is 3.33. The van der Waals surface area contributed by atoms with Gasteiger partial charge in [-0.3, -0.25) is 14.5 Å². The molecule has 0 saturated carbocycles. The Morgan fingerprint density at radius 3 is 2.72 bits per heavy atom. The van der Waals surface area contributed by atoms with Crippen LogP contribution >= 0.6 is 0 Å². The first-order chi connectivity index (χ1) is 12.0. The maximum Gasteiger partial charge on any atom is 0.243 e. The Labute approximate surface area is 150 Å². The molecule has 140 valence electrons. The molecule has 7 heteroatoms. The monoisotopic (exact) mass is 349 g/mol. The summed E-state index contributed by atoms with van der Waals surface area (Å²) < 4.78 is 1.83. The van der Waals surface area contributed by atoms with E-state index in [0.717, 1.165) is 37.6 Å². The first-order valence-electron chi connectivity index (χ1n) is 9.38. The lowest BCUT2D eigenvalue weighted by Gasteiger charge is -2.33. The molecule has 1 N–H and O–H groups in total. The van der Waals surface area contributed by atoms with Crippen LogP contribution in [0.25, 0.3) is 0 Å². The zero-order valence-electron chi connectivity index (χ0n) is 15.9. The average Bonchev–Trinajstić information content (AvgIpc) is 2.98. The van der Waals surface area contributed by atoms with E-state index in [9.17, 15) is 9.59 Å². The summed E-state index contributed by atoms with van der Waals surface area (Å²) in [5.41, 5.74) is 0.865. The lowest BCUT2D eigenvalue weighted by molar-refractivity contribution is -0.127. The standard InChI is InChI=1S/C18H31N5O2/c1-5-15(18(25)19-10-8-11-21(6-2)7-3)23-16-13-14(4)20-22(16)12-9-17(23)24/h13,15H,5-12H2,1-4H3,(H,19,25). The van der Waals surface area contributed by atoms with Crippen LogP contribution in [0.15, 0.2) is 6.07 Å². The predicted octanol–water partition coefficient (Wildman–Crippen LogP) is 1.55. The van der Waals surface area contributed by atoms with E-state index in [1.54, 1.807) is 4.90 Å². The van der Waals surface area contributed by atoms with Gasteiger partial charge < -0.3 is 10.2 Å². The second kappa shape index (κ2) is 8.99. The number of fused-ring (bicyclic) bond motifs is 1. The quantitative estimate of drug-likeness (QED) is 0.687. The lowest BCUT2D eigenvalue weighted by Crippen LogP contribution is -2.52. The number of hydrogen-bond donors (Lipinski definition) is 1. The molecule has 1 aliphatic rings. The maximum absolute atomic E-state index is 12.7. The van der Waals surface area contributed by atoms with E-state index in [1.807, 2.05) is 24.6 Å². The number of anilines is 1. The van der Waals surface area contributed by atoms with Crippen molar-refractivity contribution in [2.45, 2.75) is 59.5 Å². The molecule has 0 aliphatic carbocycles. The molecular formula is C18H31N5O2. The van der Waals surface area contributed by atoms with E-state index >= 15 is 0 Å². The Hall–Kier alpha value is -1.89. The van der Waals surface area contributed by atoms with Crippen LogP contribution in [0.5, 0.6) is 0 Å². The first kappa shape index (κ1) is 19.4. The van der Waals surface area contributed by atoms with Crippen LogP contribution in [0.3, 0.4) is 0 Å². The molecule has 0 saturated heterocycles. The number of amides is 2. The Balaban J connectivity index is 1.99. The molecule has 2 heterocycles. The van der Waals surface area contributed by atoms with E-state index in [2.05, 4.69) is 29.2 Å². The number of nitrogens with one attached hydrogen (secondary N) is 1. The van der Waals surface area contributed by atoms with E-state index in [0.29, 0.717) is 25.9 Å². The second-order valence-electron chi connectivity index (χ2n) is 6.48. The van der Waals surface area contributed by atoms with Gasteiger partial charge in [0.25, 0.3) is 0 Å². The van der Waals surface area contributed by atoms with Crippen molar-refractivity contribution in [3.63, 3.8) is 0 Å². The summed E-state index contributed by atoms with van der Waals surface area (Å²) in [4.78, 5) is 29.1. The number of carbonyl (C=O) groups is 2. The minimum absolute atomic E-state index is 0.00228. The lowest BCUT2D eigenvalue weighted by atomic mass is 10.1. The summed E-state index contributed by atoms with van der Waals surface area (Å²) in [5.74, 6) is 0.652. The van der Waals surface area contributed by atoms with Crippen molar-refractivity contribution < 1.29 is 9.59 Å². The average molecular weight is 349 g/mol. The largest absolute Gasteiger partial charge is 0.354 e. The van der Waals surface area contributed by atoms with Gasteiger partial charge >= 0.3 is 0 Å². The van der Waals surface area contributed by atoms with E-state index in [1.165, 1.54) is 0 Å². The third-order valence-electron chi connectivity index (χ3n) is 4.78.